The molecule has 0 rings (SSSR count). The molecule has 0 N–H and O–H groups in total. The van der Waals surface area contributed by atoms with Crippen LogP contribution in [0.15, 0.2) is 10.2 Å². The van der Waals surface area contributed by atoms with E-state index >= 15 is 0 Å². The van der Waals surface area contributed by atoms with Crippen molar-refractivity contribution in [2.45, 2.75) is 38.8 Å². The molecule has 0 aliphatic heterocycles. The first-order valence-corrected chi connectivity index (χ1v) is 4.98. The molecular weight excluding hydrogens is 218 g/mol. The maximum Gasteiger partial charge on any atom is 0.209 e. The fraction of sp³-hybridized carbons (Fsp3) is 0.727. The second-order valence-electron chi connectivity index (χ2n) is 4.61. The minimum absolute atomic E-state index is 0.750. The van der Waals surface area contributed by atoms with Gasteiger partial charge in [-0.3, -0.25) is 4.79 Å². The molecule has 1 amide bonds. The summed E-state index contributed by atoms with van der Waals surface area (Å²) in [7, 11) is 3.38. The third kappa shape index (κ3) is 12.0. The van der Waals surface area contributed by atoms with E-state index < -0.39 is 11.1 Å². The highest BCUT2D eigenvalue weighted by Crippen LogP contribution is 2.13. The Bertz CT molecular complexity index is 316. The topological polar surface area (TPSA) is 92.6 Å². The lowest BCUT2D eigenvalue weighted by atomic mass is 10.1. The summed E-state index contributed by atoms with van der Waals surface area (Å²) >= 11 is 0. The number of rotatable bonds is 3. The van der Waals surface area contributed by atoms with Gasteiger partial charge in [-0.05, 0) is 27.7 Å². The first kappa shape index (κ1) is 17.4. The lowest BCUT2D eigenvalue weighted by Crippen LogP contribution is -2.17. The van der Waals surface area contributed by atoms with E-state index in [-0.39, 0.29) is 0 Å². The minimum Gasteiger partial charge on any atom is -0.351 e. The van der Waals surface area contributed by atoms with E-state index in [4.69, 9.17) is 10.5 Å². The van der Waals surface area contributed by atoms with Gasteiger partial charge in [0, 0.05) is 14.1 Å². The van der Waals surface area contributed by atoms with Crippen molar-refractivity contribution in [2.75, 3.05) is 14.1 Å². The van der Waals surface area contributed by atoms with Crippen molar-refractivity contribution in [3.63, 3.8) is 0 Å². The van der Waals surface area contributed by atoms with Gasteiger partial charge in [-0.25, -0.2) is 0 Å². The summed E-state index contributed by atoms with van der Waals surface area (Å²) in [5, 5.41) is 24.7. The van der Waals surface area contributed by atoms with Crippen LogP contribution in [0.2, 0.25) is 0 Å². The Hall–Kier alpha value is -1.95. The number of hydrogen-bond acceptors (Lipinski definition) is 5. The van der Waals surface area contributed by atoms with E-state index in [9.17, 15) is 4.79 Å². The van der Waals surface area contributed by atoms with Crippen LogP contribution in [0.3, 0.4) is 0 Å². The fourth-order valence-corrected chi connectivity index (χ4v) is 0.295. The molecule has 0 unspecified atom stereocenters. The molecule has 0 aliphatic carbocycles. The fourth-order valence-electron chi connectivity index (χ4n) is 0.295. The molecule has 94 valence electrons. The monoisotopic (exact) mass is 237 g/mol. The van der Waals surface area contributed by atoms with Crippen molar-refractivity contribution in [3.8, 4) is 12.1 Å². The van der Waals surface area contributed by atoms with Gasteiger partial charge in [0.25, 0.3) is 0 Å². The zero-order valence-electron chi connectivity index (χ0n) is 11.2. The molecule has 0 fully saturated rings. The zero-order chi connectivity index (χ0) is 14.1. The van der Waals surface area contributed by atoms with Crippen molar-refractivity contribution in [1.29, 1.82) is 10.5 Å². The molecule has 0 saturated heterocycles. The molecule has 0 aromatic rings. The third-order valence-electron chi connectivity index (χ3n) is 1.31. The van der Waals surface area contributed by atoms with Crippen LogP contribution in [0.25, 0.3) is 0 Å². The average molecular weight is 237 g/mol. The van der Waals surface area contributed by atoms with Crippen molar-refractivity contribution < 1.29 is 4.79 Å². The third-order valence-corrected chi connectivity index (χ3v) is 1.31. The van der Waals surface area contributed by atoms with Gasteiger partial charge in [-0.2, -0.15) is 20.8 Å². The highest BCUT2D eigenvalue weighted by molar-refractivity contribution is 5.45. The predicted molar refractivity (Wildman–Crippen MR) is 64.0 cm³/mol. The van der Waals surface area contributed by atoms with Crippen LogP contribution in [0, 0.1) is 22.7 Å². The molecule has 0 aromatic heterocycles. The molecule has 0 aromatic carbocycles. The Balaban J connectivity index is 0. The summed E-state index contributed by atoms with van der Waals surface area (Å²) in [4.78, 5) is 10.9. The molecule has 17 heavy (non-hydrogen) atoms. The van der Waals surface area contributed by atoms with Crippen LogP contribution < -0.4 is 0 Å². The Morgan fingerprint density at radius 3 is 1.35 bits per heavy atom. The van der Waals surface area contributed by atoms with E-state index in [1.54, 1.807) is 41.8 Å². The predicted octanol–water partition coefficient (Wildman–Crippen LogP) is 1.75. The lowest BCUT2D eigenvalue weighted by molar-refractivity contribution is -0.115. The largest absolute Gasteiger partial charge is 0.351 e. The Morgan fingerprint density at radius 1 is 1.00 bits per heavy atom. The van der Waals surface area contributed by atoms with Crippen LogP contribution in [0.1, 0.15) is 27.7 Å². The van der Waals surface area contributed by atoms with Crippen molar-refractivity contribution in [3.05, 3.63) is 0 Å². The van der Waals surface area contributed by atoms with Crippen LogP contribution >= 0.6 is 0 Å². The summed E-state index contributed by atoms with van der Waals surface area (Å²) in [6.45, 7) is 6.57. The SMILES string of the molecule is CC(C)(C#N)/N=N/C(C)(C)C#N.CN(C)C=O. The molecule has 0 heterocycles. The Kier molecular flexibility index (Phi) is 7.54. The maximum atomic E-state index is 9.43. The van der Waals surface area contributed by atoms with Gasteiger partial charge in [0.15, 0.2) is 11.1 Å². The number of azo groups is 1. The van der Waals surface area contributed by atoms with E-state index in [2.05, 4.69) is 10.2 Å². The second-order valence-corrected chi connectivity index (χ2v) is 4.61. The van der Waals surface area contributed by atoms with E-state index in [0.29, 0.717) is 0 Å². The number of carbonyl (C=O) groups excluding carboxylic acids is 1. The molecule has 0 spiro atoms. The van der Waals surface area contributed by atoms with Crippen LogP contribution in [-0.2, 0) is 4.79 Å². The summed E-state index contributed by atoms with van der Waals surface area (Å²) in [5.41, 5.74) is -1.68. The summed E-state index contributed by atoms with van der Waals surface area (Å²) in [5.74, 6) is 0. The maximum absolute atomic E-state index is 9.43. The van der Waals surface area contributed by atoms with Crippen molar-refractivity contribution in [2.24, 2.45) is 10.2 Å². The van der Waals surface area contributed by atoms with Gasteiger partial charge in [0.2, 0.25) is 6.41 Å². The molecule has 6 heteroatoms. The Labute approximate surface area is 103 Å². The normalized spacial score (nSPS) is 10.8. The number of carbonyl (C=O) groups is 1. The molecule has 0 bridgehead atoms. The lowest BCUT2D eigenvalue weighted by Gasteiger charge is -2.11. The molecule has 6 nitrogen and oxygen atoms in total. The second kappa shape index (κ2) is 7.34. The molecule has 0 saturated carbocycles. The molecule has 0 aliphatic rings. The molecular formula is C11H19N5O. The number of nitriles is 2. The van der Waals surface area contributed by atoms with Gasteiger partial charge in [-0.1, -0.05) is 0 Å². The standard InChI is InChI=1S/C8H12N4.C3H7NO/c1-7(2,5-9)11-12-8(3,4)6-10;1-4(2)3-5/h1-4H3;3H,1-2H3/b12-11+;. The number of hydrogen-bond donors (Lipinski definition) is 0. The van der Waals surface area contributed by atoms with Gasteiger partial charge < -0.3 is 4.90 Å². The number of nitrogens with zero attached hydrogens (tertiary/aromatic N) is 5. The van der Waals surface area contributed by atoms with E-state index in [1.807, 2.05) is 12.1 Å². The van der Waals surface area contributed by atoms with Crippen LogP contribution in [0.5, 0.6) is 0 Å². The summed E-state index contributed by atoms with van der Waals surface area (Å²) in [6.07, 6.45) is 0.750. The number of amides is 1. The quantitative estimate of drug-likeness (QED) is 0.552. The first-order valence-electron chi connectivity index (χ1n) is 4.98. The van der Waals surface area contributed by atoms with Gasteiger partial charge in [0.05, 0.1) is 12.1 Å². The molecule has 0 radical (unpaired) electrons. The summed E-state index contributed by atoms with van der Waals surface area (Å²) in [6, 6.07) is 3.94. The van der Waals surface area contributed by atoms with Gasteiger partial charge >= 0.3 is 0 Å². The highest BCUT2D eigenvalue weighted by Gasteiger charge is 2.19. The summed E-state index contributed by atoms with van der Waals surface area (Å²) < 4.78 is 0. The van der Waals surface area contributed by atoms with Crippen LogP contribution in [0.4, 0.5) is 0 Å². The van der Waals surface area contributed by atoms with E-state index in [1.165, 1.54) is 4.90 Å². The van der Waals surface area contributed by atoms with Crippen molar-refractivity contribution in [1.82, 2.24) is 4.90 Å². The van der Waals surface area contributed by atoms with Crippen LogP contribution in [-0.4, -0.2) is 36.5 Å². The zero-order valence-corrected chi connectivity index (χ0v) is 11.2. The van der Waals surface area contributed by atoms with E-state index in [0.717, 1.165) is 6.41 Å². The minimum atomic E-state index is -0.839. The Morgan fingerprint density at radius 2 is 1.24 bits per heavy atom. The van der Waals surface area contributed by atoms with Gasteiger partial charge in [-0.15, -0.1) is 0 Å². The van der Waals surface area contributed by atoms with Crippen molar-refractivity contribution >= 4 is 6.41 Å². The first-order chi connectivity index (χ1) is 7.60. The smallest absolute Gasteiger partial charge is 0.209 e. The molecule has 0 atom stereocenters. The van der Waals surface area contributed by atoms with Gasteiger partial charge in [0.1, 0.15) is 0 Å². The highest BCUT2D eigenvalue weighted by atomic mass is 16.1. The average Bonchev–Trinajstić information content (AvgIpc) is 2.27.